The molecular formula is C35H41ClN4O7S. The Kier molecular flexibility index (Phi) is 10.8. The molecule has 0 radical (unpaired) electrons. The molecule has 11 nitrogen and oxygen atoms in total. The zero-order chi connectivity index (χ0) is 34.6. The molecule has 0 bridgehead atoms. The zero-order valence-corrected chi connectivity index (χ0v) is 29.0. The number of rotatable bonds is 10. The van der Waals surface area contributed by atoms with Crippen LogP contribution in [0.2, 0.25) is 5.02 Å². The van der Waals surface area contributed by atoms with E-state index in [2.05, 4.69) is 15.0 Å². The normalized spacial score (nSPS) is 21.3. The number of sulfonamides is 1. The highest BCUT2D eigenvalue weighted by Crippen LogP contribution is 2.46. The lowest BCUT2D eigenvalue weighted by atomic mass is 9.76. The first kappa shape index (κ1) is 35.3. The smallest absolute Gasteiger partial charge is 0.344 e. The highest BCUT2D eigenvalue weighted by atomic mass is 35.5. The van der Waals surface area contributed by atoms with Crippen molar-refractivity contribution in [3.63, 3.8) is 0 Å². The van der Waals surface area contributed by atoms with Crippen LogP contribution in [0.15, 0.2) is 66.9 Å². The average molecular weight is 697 g/mol. The minimum atomic E-state index is -3.57. The fourth-order valence-corrected chi connectivity index (χ4v) is 7.42. The lowest BCUT2D eigenvalue weighted by Gasteiger charge is -2.49. The highest BCUT2D eigenvalue weighted by molar-refractivity contribution is 7.88. The van der Waals surface area contributed by atoms with Gasteiger partial charge < -0.3 is 19.7 Å². The van der Waals surface area contributed by atoms with Gasteiger partial charge in [-0.15, -0.1) is 0 Å². The molecule has 0 spiro atoms. The van der Waals surface area contributed by atoms with E-state index in [0.717, 1.165) is 19.1 Å². The molecule has 4 atom stereocenters. The van der Waals surface area contributed by atoms with Crippen LogP contribution in [0.1, 0.15) is 85.6 Å². The number of esters is 1. The van der Waals surface area contributed by atoms with Crippen molar-refractivity contribution in [1.82, 2.24) is 19.9 Å². The van der Waals surface area contributed by atoms with Crippen LogP contribution in [0, 0.1) is 0 Å². The number of nitrogens with zero attached hydrogens (tertiary/aromatic N) is 2. The molecule has 1 aliphatic carbocycles. The van der Waals surface area contributed by atoms with Crippen LogP contribution in [0.4, 0.5) is 0 Å². The summed E-state index contributed by atoms with van der Waals surface area (Å²) in [6.07, 6.45) is 5.35. The standard InChI is InChI=1S/C35H41ClN4O7S/c1-35(2,3)47-30(41)21-46-25-18-17-24(37-20-25)19-38-33(42)31-26-9-5-6-10-27(26)34(43)40(32(31)22-13-15-23(36)16-14-22)29-12-8-7-11-28(29)39-48(4,44)45/h5-6,9-10,13-18,20,28-29,31-32,39H,7-8,11-12,19,21H2,1-4H3,(H,38,42)/t28-,29-,31+,32-/m0/s1. The first-order chi connectivity index (χ1) is 22.7. The second-order valence-electron chi connectivity index (χ2n) is 13.2. The van der Waals surface area contributed by atoms with E-state index in [4.69, 9.17) is 21.1 Å². The van der Waals surface area contributed by atoms with E-state index in [0.29, 0.717) is 46.0 Å². The monoisotopic (exact) mass is 696 g/mol. The molecule has 2 N–H and O–H groups in total. The number of ether oxygens (including phenoxy) is 2. The SMILES string of the molecule is CC(C)(C)OC(=O)COc1ccc(CNC(=O)[C@@H]2c3ccccc3C(=O)N([C@H]3CCCC[C@@H]3NS(C)(=O)=O)[C@H]2c2ccc(Cl)cc2)nc1. The number of hydrogen-bond acceptors (Lipinski definition) is 8. The summed E-state index contributed by atoms with van der Waals surface area (Å²) in [7, 11) is -3.57. The molecule has 2 aliphatic rings. The van der Waals surface area contributed by atoms with Crippen molar-refractivity contribution in [2.75, 3.05) is 12.9 Å². The largest absolute Gasteiger partial charge is 0.480 e. The van der Waals surface area contributed by atoms with Crippen molar-refractivity contribution in [3.05, 3.63) is 94.3 Å². The molecule has 1 aromatic heterocycles. The molecule has 1 fully saturated rings. The lowest BCUT2D eigenvalue weighted by Crippen LogP contribution is -2.59. The van der Waals surface area contributed by atoms with E-state index in [1.54, 1.807) is 86.3 Å². The fraction of sp³-hybridized carbons (Fsp3) is 0.429. The molecule has 256 valence electrons. The van der Waals surface area contributed by atoms with Crippen LogP contribution in [0.3, 0.4) is 0 Å². The van der Waals surface area contributed by atoms with Gasteiger partial charge in [0.05, 0.1) is 36.7 Å². The van der Waals surface area contributed by atoms with Gasteiger partial charge in [-0.2, -0.15) is 0 Å². The Morgan fingerprint density at radius 3 is 2.40 bits per heavy atom. The van der Waals surface area contributed by atoms with Gasteiger partial charge in [-0.05, 0) is 75.1 Å². The Morgan fingerprint density at radius 1 is 1.02 bits per heavy atom. The molecule has 13 heteroatoms. The summed E-state index contributed by atoms with van der Waals surface area (Å²) in [6.45, 7) is 5.15. The molecular weight excluding hydrogens is 656 g/mol. The first-order valence-electron chi connectivity index (χ1n) is 15.9. The number of amides is 2. The molecule has 2 aromatic carbocycles. The minimum Gasteiger partial charge on any atom is -0.480 e. The van der Waals surface area contributed by atoms with Crippen LogP contribution < -0.4 is 14.8 Å². The molecule has 2 heterocycles. The van der Waals surface area contributed by atoms with E-state index in [1.807, 2.05) is 0 Å². The van der Waals surface area contributed by atoms with Crippen LogP contribution in [0.25, 0.3) is 0 Å². The third kappa shape index (κ3) is 8.72. The van der Waals surface area contributed by atoms with E-state index in [9.17, 15) is 22.8 Å². The van der Waals surface area contributed by atoms with Crippen molar-refractivity contribution in [3.8, 4) is 5.75 Å². The van der Waals surface area contributed by atoms with E-state index in [1.165, 1.54) is 6.20 Å². The van der Waals surface area contributed by atoms with Crippen LogP contribution >= 0.6 is 11.6 Å². The van der Waals surface area contributed by atoms with Gasteiger partial charge in [-0.3, -0.25) is 14.6 Å². The van der Waals surface area contributed by atoms with E-state index >= 15 is 0 Å². The Balaban J connectivity index is 1.43. The second-order valence-corrected chi connectivity index (χ2v) is 15.4. The van der Waals surface area contributed by atoms with E-state index in [-0.39, 0.29) is 25.0 Å². The third-order valence-corrected chi connectivity index (χ3v) is 9.32. The van der Waals surface area contributed by atoms with E-state index < -0.39 is 45.6 Å². The molecule has 0 unspecified atom stereocenters. The summed E-state index contributed by atoms with van der Waals surface area (Å²) in [6, 6.07) is 15.7. The quantitative estimate of drug-likeness (QED) is 0.285. The molecule has 1 aliphatic heterocycles. The predicted molar refractivity (Wildman–Crippen MR) is 181 cm³/mol. The van der Waals surface area contributed by atoms with Crippen LogP contribution in [0.5, 0.6) is 5.75 Å². The lowest BCUT2D eigenvalue weighted by molar-refractivity contribution is -0.157. The van der Waals surface area contributed by atoms with Gasteiger partial charge in [0.25, 0.3) is 5.91 Å². The molecule has 1 saturated carbocycles. The summed E-state index contributed by atoms with van der Waals surface area (Å²) in [5.41, 5.74) is 1.62. The second kappa shape index (κ2) is 14.6. The number of hydrogen-bond donors (Lipinski definition) is 2. The van der Waals surface area contributed by atoms with Crippen LogP contribution in [-0.4, -0.2) is 66.6 Å². The van der Waals surface area contributed by atoms with Gasteiger partial charge in [0, 0.05) is 22.7 Å². The number of fused-ring (bicyclic) bond motifs is 1. The Labute approximate surface area is 286 Å². The number of aromatic nitrogens is 1. The predicted octanol–water partition coefficient (Wildman–Crippen LogP) is 4.91. The van der Waals surface area contributed by atoms with Gasteiger partial charge >= 0.3 is 5.97 Å². The number of carbonyl (C=O) groups is 3. The van der Waals surface area contributed by atoms with Crippen molar-refractivity contribution in [2.45, 2.75) is 82.6 Å². The van der Waals surface area contributed by atoms with Crippen molar-refractivity contribution in [1.29, 1.82) is 0 Å². The summed E-state index contributed by atoms with van der Waals surface area (Å²) in [5.74, 6) is -1.53. The minimum absolute atomic E-state index is 0.0901. The number of benzene rings is 2. The topological polar surface area (TPSA) is 144 Å². The summed E-state index contributed by atoms with van der Waals surface area (Å²) in [5, 5.41) is 3.52. The van der Waals surface area contributed by atoms with Crippen LogP contribution in [-0.2, 0) is 30.9 Å². The molecule has 48 heavy (non-hydrogen) atoms. The molecule has 3 aromatic rings. The van der Waals surface area contributed by atoms with Crippen molar-refractivity contribution >= 4 is 39.4 Å². The Bertz CT molecular complexity index is 1740. The third-order valence-electron chi connectivity index (χ3n) is 8.34. The van der Waals surface area contributed by atoms with Gasteiger partial charge in [-0.25, -0.2) is 17.9 Å². The highest BCUT2D eigenvalue weighted by Gasteiger charge is 2.48. The average Bonchev–Trinajstić information content (AvgIpc) is 3.02. The number of halogens is 1. The summed E-state index contributed by atoms with van der Waals surface area (Å²) >= 11 is 6.25. The number of pyridine rings is 1. The van der Waals surface area contributed by atoms with Gasteiger partial charge in [0.1, 0.15) is 11.4 Å². The Morgan fingerprint density at radius 2 is 1.73 bits per heavy atom. The fourth-order valence-electron chi connectivity index (χ4n) is 6.47. The van der Waals surface area contributed by atoms with Gasteiger partial charge in [-0.1, -0.05) is 54.8 Å². The maximum Gasteiger partial charge on any atom is 0.344 e. The number of carbonyl (C=O) groups excluding carboxylic acids is 3. The van der Waals surface area contributed by atoms with Gasteiger partial charge in [0.15, 0.2) is 6.61 Å². The first-order valence-corrected chi connectivity index (χ1v) is 18.2. The van der Waals surface area contributed by atoms with Crippen molar-refractivity contribution < 1.29 is 32.3 Å². The summed E-state index contributed by atoms with van der Waals surface area (Å²) in [4.78, 5) is 46.8. The van der Waals surface area contributed by atoms with Gasteiger partial charge in [0.2, 0.25) is 15.9 Å². The maximum atomic E-state index is 14.4. The summed E-state index contributed by atoms with van der Waals surface area (Å²) < 4.78 is 38.3. The molecule has 0 saturated heterocycles. The molecule has 2 amide bonds. The zero-order valence-electron chi connectivity index (χ0n) is 27.4. The number of nitrogens with one attached hydrogen (secondary N) is 2. The molecule has 5 rings (SSSR count). The maximum absolute atomic E-state index is 14.4. The van der Waals surface area contributed by atoms with Crippen molar-refractivity contribution in [2.24, 2.45) is 0 Å². The Hall–Kier alpha value is -4.00.